The van der Waals surface area contributed by atoms with Crippen LogP contribution in [0.5, 0.6) is 0 Å². The van der Waals surface area contributed by atoms with E-state index in [1.807, 2.05) is 6.92 Å². The number of hydrogen-bond acceptors (Lipinski definition) is 7. The molecule has 2 heterocycles. The van der Waals surface area contributed by atoms with Crippen LogP contribution < -0.4 is 10.9 Å². The molecule has 1 aliphatic rings. The van der Waals surface area contributed by atoms with Gasteiger partial charge < -0.3 is 14.9 Å². The first-order valence-corrected chi connectivity index (χ1v) is 9.79. The van der Waals surface area contributed by atoms with Crippen molar-refractivity contribution in [1.82, 2.24) is 5.32 Å². The molecule has 2 rings (SSSR count). The van der Waals surface area contributed by atoms with E-state index in [-0.39, 0.29) is 5.91 Å². The Labute approximate surface area is 162 Å². The molecule has 1 aliphatic heterocycles. The van der Waals surface area contributed by atoms with Crippen molar-refractivity contribution >= 4 is 28.4 Å². The molecule has 146 valence electrons. The summed E-state index contributed by atoms with van der Waals surface area (Å²) >= 11 is 1.37. The number of amides is 1. The maximum Gasteiger partial charge on any atom is 0.336 e. The lowest BCUT2D eigenvalue weighted by Gasteiger charge is -2.24. The molecule has 8 heteroatoms. The first kappa shape index (κ1) is 21.0. The SMILES string of the molecule is C=CCc1cc([C@@H](CCC)NC(=O)[C@]2(C)CSC(/C(C)=N/O)=N2)oc(=O)c1. The van der Waals surface area contributed by atoms with Crippen molar-refractivity contribution in [3.8, 4) is 0 Å². The zero-order chi connectivity index (χ0) is 20.0. The van der Waals surface area contributed by atoms with Crippen LogP contribution in [-0.2, 0) is 11.2 Å². The van der Waals surface area contributed by atoms with Crippen LogP contribution in [0.25, 0.3) is 0 Å². The summed E-state index contributed by atoms with van der Waals surface area (Å²) in [4.78, 5) is 29.2. The Hall–Kier alpha value is -2.35. The van der Waals surface area contributed by atoms with E-state index >= 15 is 0 Å². The predicted octanol–water partition coefficient (Wildman–Crippen LogP) is 3.08. The second-order valence-electron chi connectivity index (χ2n) is 6.66. The van der Waals surface area contributed by atoms with E-state index in [4.69, 9.17) is 9.62 Å². The number of carbonyl (C=O) groups excluding carboxylic acids is 1. The zero-order valence-corrected chi connectivity index (χ0v) is 16.6. The minimum Gasteiger partial charge on any atom is -0.426 e. The Kier molecular flexibility index (Phi) is 7.01. The third-order valence-electron chi connectivity index (χ3n) is 4.24. The Morgan fingerprint density at radius 1 is 1.59 bits per heavy atom. The van der Waals surface area contributed by atoms with Gasteiger partial charge in [-0.2, -0.15) is 0 Å². The Bertz CT molecular complexity index is 830. The number of carbonyl (C=O) groups is 1. The highest BCUT2D eigenvalue weighted by molar-refractivity contribution is 8.16. The number of hydrogen-bond donors (Lipinski definition) is 2. The van der Waals surface area contributed by atoms with Gasteiger partial charge in [0.2, 0.25) is 5.91 Å². The van der Waals surface area contributed by atoms with Gasteiger partial charge in [0, 0.05) is 11.8 Å². The number of nitrogens with one attached hydrogen (secondary N) is 1. The van der Waals surface area contributed by atoms with E-state index in [1.165, 1.54) is 17.8 Å². The van der Waals surface area contributed by atoms with Crippen LogP contribution in [0, 0.1) is 0 Å². The van der Waals surface area contributed by atoms with Gasteiger partial charge >= 0.3 is 5.63 Å². The Morgan fingerprint density at radius 2 is 2.33 bits per heavy atom. The Balaban J connectivity index is 2.26. The fourth-order valence-electron chi connectivity index (χ4n) is 2.74. The molecule has 1 aromatic heterocycles. The minimum absolute atomic E-state index is 0.258. The van der Waals surface area contributed by atoms with Crippen molar-refractivity contribution in [3.05, 3.63) is 46.5 Å². The molecule has 2 N–H and O–H groups in total. The molecule has 2 atom stereocenters. The van der Waals surface area contributed by atoms with E-state index in [9.17, 15) is 9.59 Å². The number of allylic oxidation sites excluding steroid dienone is 1. The number of oxime groups is 1. The van der Waals surface area contributed by atoms with Gasteiger partial charge in [0.15, 0.2) is 0 Å². The van der Waals surface area contributed by atoms with Gasteiger partial charge in [-0.1, -0.05) is 24.6 Å². The molecular formula is C19H25N3O4S. The summed E-state index contributed by atoms with van der Waals surface area (Å²) in [5.74, 6) is 0.618. The Morgan fingerprint density at radius 3 is 2.96 bits per heavy atom. The summed E-state index contributed by atoms with van der Waals surface area (Å²) in [5.41, 5.74) is -0.247. The number of nitrogens with zero attached hydrogens (tertiary/aromatic N) is 2. The molecule has 0 radical (unpaired) electrons. The van der Waals surface area contributed by atoms with Crippen LogP contribution >= 0.6 is 11.8 Å². The molecular weight excluding hydrogens is 366 g/mol. The summed E-state index contributed by atoms with van der Waals surface area (Å²) in [6, 6.07) is 2.79. The molecule has 0 saturated heterocycles. The van der Waals surface area contributed by atoms with Crippen molar-refractivity contribution in [1.29, 1.82) is 0 Å². The molecule has 0 aliphatic carbocycles. The van der Waals surface area contributed by atoms with E-state index in [0.29, 0.717) is 35.1 Å². The van der Waals surface area contributed by atoms with E-state index in [0.717, 1.165) is 12.0 Å². The standard InChI is InChI=1S/C19H25N3O4S/c1-5-7-13-9-15(26-16(23)10-13)14(8-6-2)20-18(24)19(4)11-27-17(21-19)12(3)22-25/h5,9-10,14,25H,1,6-8,11H2,2-4H3,(H,20,24)/b22-12+/t14-,19+/m1/s1. The third kappa shape index (κ3) is 5.09. The van der Waals surface area contributed by atoms with E-state index < -0.39 is 17.2 Å². The highest BCUT2D eigenvalue weighted by atomic mass is 32.2. The lowest BCUT2D eigenvalue weighted by molar-refractivity contribution is -0.125. The molecule has 0 fully saturated rings. The van der Waals surface area contributed by atoms with Crippen LogP contribution in [0.15, 0.2) is 44.1 Å². The lowest BCUT2D eigenvalue weighted by Crippen LogP contribution is -2.45. The molecule has 1 amide bonds. The fraction of sp³-hybridized carbons (Fsp3) is 0.474. The first-order valence-electron chi connectivity index (χ1n) is 8.80. The summed E-state index contributed by atoms with van der Waals surface area (Å²) in [5, 5.41) is 15.6. The van der Waals surface area contributed by atoms with Gasteiger partial charge in [-0.05, 0) is 38.3 Å². The van der Waals surface area contributed by atoms with Crippen molar-refractivity contribution in [3.63, 3.8) is 0 Å². The average Bonchev–Trinajstić information content (AvgIpc) is 3.04. The normalized spacial score (nSPS) is 20.9. The zero-order valence-electron chi connectivity index (χ0n) is 15.8. The topological polar surface area (TPSA) is 104 Å². The first-order chi connectivity index (χ1) is 12.8. The quantitative estimate of drug-likeness (QED) is 0.307. The van der Waals surface area contributed by atoms with Crippen LogP contribution in [-0.4, -0.2) is 33.2 Å². The van der Waals surface area contributed by atoms with E-state index in [2.05, 4.69) is 22.0 Å². The van der Waals surface area contributed by atoms with Crippen LogP contribution in [0.3, 0.4) is 0 Å². The van der Waals surface area contributed by atoms with Crippen molar-refractivity contribution in [2.45, 2.75) is 51.6 Å². The van der Waals surface area contributed by atoms with Crippen LogP contribution in [0.1, 0.15) is 51.0 Å². The summed E-state index contributed by atoms with van der Waals surface area (Å²) < 4.78 is 5.35. The molecule has 0 aromatic carbocycles. The molecule has 0 spiro atoms. The summed E-state index contributed by atoms with van der Waals surface area (Å²) in [7, 11) is 0. The third-order valence-corrected chi connectivity index (χ3v) is 5.61. The van der Waals surface area contributed by atoms with Crippen LogP contribution in [0.4, 0.5) is 0 Å². The maximum absolute atomic E-state index is 12.9. The number of rotatable bonds is 8. The number of aliphatic imine (C=N–C) groups is 1. The molecule has 27 heavy (non-hydrogen) atoms. The molecule has 0 saturated carbocycles. The minimum atomic E-state index is -0.975. The van der Waals surface area contributed by atoms with Gasteiger partial charge in [-0.3, -0.25) is 9.79 Å². The van der Waals surface area contributed by atoms with Gasteiger partial charge in [-0.15, -0.1) is 18.3 Å². The van der Waals surface area contributed by atoms with E-state index in [1.54, 1.807) is 26.0 Å². The van der Waals surface area contributed by atoms with Gasteiger partial charge in [0.05, 0.1) is 6.04 Å². The van der Waals surface area contributed by atoms with Crippen LogP contribution in [0.2, 0.25) is 0 Å². The monoisotopic (exact) mass is 391 g/mol. The number of thioether (sulfide) groups is 1. The second-order valence-corrected chi connectivity index (χ2v) is 7.62. The average molecular weight is 391 g/mol. The van der Waals surface area contributed by atoms with Gasteiger partial charge in [0.25, 0.3) is 0 Å². The predicted molar refractivity (Wildman–Crippen MR) is 108 cm³/mol. The molecule has 1 aromatic rings. The maximum atomic E-state index is 12.9. The highest BCUT2D eigenvalue weighted by Crippen LogP contribution is 2.30. The van der Waals surface area contributed by atoms with Gasteiger partial charge in [0.1, 0.15) is 22.1 Å². The largest absolute Gasteiger partial charge is 0.426 e. The van der Waals surface area contributed by atoms with Crippen molar-refractivity contribution < 1.29 is 14.4 Å². The van der Waals surface area contributed by atoms with Crippen molar-refractivity contribution in [2.75, 3.05) is 5.75 Å². The van der Waals surface area contributed by atoms with Crippen molar-refractivity contribution in [2.24, 2.45) is 10.1 Å². The second kappa shape index (κ2) is 9.03. The summed E-state index contributed by atoms with van der Waals surface area (Å²) in [6.07, 6.45) is 3.69. The molecule has 0 unspecified atom stereocenters. The molecule has 0 bridgehead atoms. The molecule has 7 nitrogen and oxygen atoms in total. The smallest absolute Gasteiger partial charge is 0.336 e. The fourth-order valence-corrected chi connectivity index (χ4v) is 3.87. The van der Waals surface area contributed by atoms with Gasteiger partial charge in [-0.25, -0.2) is 4.79 Å². The highest BCUT2D eigenvalue weighted by Gasteiger charge is 2.40. The summed E-state index contributed by atoms with van der Waals surface area (Å²) in [6.45, 7) is 9.05. The lowest BCUT2D eigenvalue weighted by atomic mass is 10.0.